The van der Waals surface area contributed by atoms with E-state index in [0.717, 1.165) is 6.08 Å². The fourth-order valence-electron chi connectivity index (χ4n) is 2.46. The van der Waals surface area contributed by atoms with Crippen molar-refractivity contribution >= 4 is 11.9 Å². The normalized spacial score (nSPS) is 20.8. The van der Waals surface area contributed by atoms with Gasteiger partial charge >= 0.3 is 48.0 Å². The minimum absolute atomic E-state index is 0.166. The maximum absolute atomic E-state index is 13.2. The Morgan fingerprint density at radius 3 is 1.44 bits per heavy atom. The van der Waals surface area contributed by atoms with E-state index in [9.17, 15) is 71.1 Å². The van der Waals surface area contributed by atoms with Crippen LogP contribution in [0.25, 0.3) is 0 Å². The van der Waals surface area contributed by atoms with Crippen molar-refractivity contribution in [2.24, 2.45) is 11.8 Å². The summed E-state index contributed by atoms with van der Waals surface area (Å²) in [6.07, 6.45) is -12.5. The monoisotopic (exact) mass is 534 g/mol. The molecule has 1 rings (SSSR count). The van der Waals surface area contributed by atoms with E-state index in [1.54, 1.807) is 0 Å². The van der Waals surface area contributed by atoms with Crippen LogP contribution in [0.15, 0.2) is 12.2 Å². The average molecular weight is 534 g/mol. The first-order chi connectivity index (χ1) is 15.0. The predicted octanol–water partition coefficient (Wildman–Crippen LogP) is 5.32. The highest BCUT2D eigenvalue weighted by Crippen LogP contribution is 2.48. The van der Waals surface area contributed by atoms with Crippen molar-refractivity contribution in [1.29, 1.82) is 0 Å². The molecule has 0 aromatic carbocycles. The Balaban J connectivity index is 2.91. The molecule has 0 saturated heterocycles. The van der Waals surface area contributed by atoms with Crippen LogP contribution in [0.2, 0.25) is 0 Å². The van der Waals surface area contributed by atoms with Crippen LogP contribution >= 0.6 is 0 Å². The summed E-state index contributed by atoms with van der Waals surface area (Å²) in [5.74, 6) is -33.3. The number of carbonyl (C=O) groups is 2. The number of halogens is 14. The molecule has 0 fully saturated rings. The summed E-state index contributed by atoms with van der Waals surface area (Å²) < 4.78 is 184. The van der Waals surface area contributed by atoms with Crippen LogP contribution in [0, 0.1) is 11.8 Å². The van der Waals surface area contributed by atoms with E-state index in [1.807, 2.05) is 0 Å². The van der Waals surface area contributed by atoms with Crippen molar-refractivity contribution in [2.45, 2.75) is 48.9 Å². The molecule has 34 heavy (non-hydrogen) atoms. The Bertz CT molecular complexity index is 784. The van der Waals surface area contributed by atoms with Gasteiger partial charge in [-0.3, -0.25) is 9.59 Å². The number of alkyl halides is 14. The molecule has 0 spiro atoms. The van der Waals surface area contributed by atoms with Gasteiger partial charge in [-0.25, -0.2) is 0 Å². The highest BCUT2D eigenvalue weighted by Gasteiger charge is 2.74. The van der Waals surface area contributed by atoms with Crippen molar-refractivity contribution in [3.63, 3.8) is 0 Å². The molecule has 18 heteroatoms. The largest absolute Gasteiger partial charge is 0.460 e. The lowest BCUT2D eigenvalue weighted by Crippen LogP contribution is -2.55. The first kappa shape index (κ1) is 29.7. The highest BCUT2D eigenvalue weighted by atomic mass is 19.4. The van der Waals surface area contributed by atoms with Gasteiger partial charge in [-0.1, -0.05) is 12.2 Å². The summed E-state index contributed by atoms with van der Waals surface area (Å²) >= 11 is 0. The van der Waals surface area contributed by atoms with Crippen molar-refractivity contribution < 1.29 is 80.5 Å². The van der Waals surface area contributed by atoms with Crippen molar-refractivity contribution in [3.8, 4) is 0 Å². The third-order valence-electron chi connectivity index (χ3n) is 4.42. The van der Waals surface area contributed by atoms with Crippen LogP contribution in [0.4, 0.5) is 61.5 Å². The maximum Gasteiger partial charge on any atom is 0.460 e. The maximum atomic E-state index is 13.2. The first-order valence-electron chi connectivity index (χ1n) is 8.64. The molecule has 0 aliphatic heterocycles. The number of allylic oxidation sites excluding steroid dienone is 1. The molecular formula is C16H12F14O4. The van der Waals surface area contributed by atoms with E-state index in [1.165, 1.54) is 0 Å². The van der Waals surface area contributed by atoms with Crippen LogP contribution in [-0.2, 0) is 19.1 Å². The van der Waals surface area contributed by atoms with Gasteiger partial charge in [0.2, 0.25) is 0 Å². The molecule has 0 aromatic heterocycles. The van der Waals surface area contributed by atoms with Gasteiger partial charge < -0.3 is 9.47 Å². The van der Waals surface area contributed by atoms with Gasteiger partial charge in [-0.05, 0) is 12.8 Å². The van der Waals surface area contributed by atoms with Gasteiger partial charge in [0.25, 0.3) is 0 Å². The number of hydrogen-bond acceptors (Lipinski definition) is 4. The zero-order chi connectivity index (χ0) is 27.0. The smallest absolute Gasteiger partial charge is 0.459 e. The van der Waals surface area contributed by atoms with E-state index >= 15 is 0 Å². The van der Waals surface area contributed by atoms with Crippen LogP contribution in [0.3, 0.4) is 0 Å². The van der Waals surface area contributed by atoms with E-state index in [4.69, 9.17) is 0 Å². The van der Waals surface area contributed by atoms with Crippen LogP contribution in [0.5, 0.6) is 0 Å². The number of hydrogen-bond donors (Lipinski definition) is 0. The Labute approximate surface area is 179 Å². The summed E-state index contributed by atoms with van der Waals surface area (Å²) in [6, 6.07) is 0. The second-order valence-corrected chi connectivity index (χ2v) is 6.91. The minimum Gasteiger partial charge on any atom is -0.459 e. The van der Waals surface area contributed by atoms with Gasteiger partial charge in [0.15, 0.2) is 13.2 Å². The first-order valence-corrected chi connectivity index (χ1v) is 8.64. The molecule has 0 saturated carbocycles. The molecule has 4 nitrogen and oxygen atoms in total. The van der Waals surface area contributed by atoms with Gasteiger partial charge in [-0.2, -0.15) is 61.5 Å². The Morgan fingerprint density at radius 1 is 0.676 bits per heavy atom. The van der Waals surface area contributed by atoms with Crippen LogP contribution in [0.1, 0.15) is 12.8 Å². The molecule has 0 N–H and O–H groups in total. The van der Waals surface area contributed by atoms with Gasteiger partial charge in [0, 0.05) is 0 Å². The highest BCUT2D eigenvalue weighted by molar-refractivity contribution is 5.84. The summed E-state index contributed by atoms with van der Waals surface area (Å²) in [6.45, 7) is -5.66. The second kappa shape index (κ2) is 9.39. The summed E-state index contributed by atoms with van der Waals surface area (Å²) in [5, 5.41) is 0. The fourth-order valence-corrected chi connectivity index (χ4v) is 2.46. The SMILES string of the molecule is O=C(OCC(F)(F)C(F)(F)C(F)(F)F)C1C=CCCC1C(=O)OCC(F)(F)C(F)(F)C(F)(F)F. The third kappa shape index (κ3) is 5.84. The molecule has 0 heterocycles. The summed E-state index contributed by atoms with van der Waals surface area (Å²) in [7, 11) is 0. The van der Waals surface area contributed by atoms with Crippen LogP contribution < -0.4 is 0 Å². The number of ether oxygens (including phenoxy) is 2. The second-order valence-electron chi connectivity index (χ2n) is 6.91. The number of carbonyl (C=O) groups excluding carboxylic acids is 2. The summed E-state index contributed by atoms with van der Waals surface area (Å²) in [5.41, 5.74) is 0. The lowest BCUT2D eigenvalue weighted by atomic mass is 9.84. The zero-order valence-corrected chi connectivity index (χ0v) is 16.1. The molecule has 2 unspecified atom stereocenters. The lowest BCUT2D eigenvalue weighted by Gasteiger charge is -2.30. The molecule has 0 aromatic rings. The molecule has 198 valence electrons. The van der Waals surface area contributed by atoms with Gasteiger partial charge in [-0.15, -0.1) is 0 Å². The van der Waals surface area contributed by atoms with Crippen molar-refractivity contribution in [3.05, 3.63) is 12.2 Å². The minimum atomic E-state index is -6.75. The van der Waals surface area contributed by atoms with Gasteiger partial charge in [0.05, 0.1) is 11.8 Å². The topological polar surface area (TPSA) is 52.6 Å². The van der Waals surface area contributed by atoms with E-state index < -0.39 is 79.5 Å². The molecule has 0 bridgehead atoms. The van der Waals surface area contributed by atoms with Crippen molar-refractivity contribution in [2.75, 3.05) is 13.2 Å². The zero-order valence-electron chi connectivity index (χ0n) is 16.1. The number of esters is 2. The molecule has 2 atom stereocenters. The van der Waals surface area contributed by atoms with E-state index in [0.29, 0.717) is 6.08 Å². The molecular weight excluding hydrogens is 522 g/mol. The Kier molecular flexibility index (Phi) is 8.21. The summed E-state index contributed by atoms with van der Waals surface area (Å²) in [4.78, 5) is 23.8. The molecule has 1 aliphatic carbocycles. The van der Waals surface area contributed by atoms with Crippen LogP contribution in [-0.4, -0.2) is 61.2 Å². The lowest BCUT2D eigenvalue weighted by molar-refractivity contribution is -0.360. The Hall–Kier alpha value is -2.30. The molecule has 0 radical (unpaired) electrons. The average Bonchev–Trinajstić information content (AvgIpc) is 2.68. The standard InChI is InChI=1S/C16H12F14O4/c17-11(18,13(21,22)15(25,26)27)5-33-9(31)7-3-1-2-4-8(7)10(32)34-6-12(19,20)14(23,24)16(28,29)30/h1,3,7-8H,2,4-6H2. The molecule has 1 aliphatic rings. The predicted molar refractivity (Wildman–Crippen MR) is 79.2 cm³/mol. The molecule has 0 amide bonds. The Morgan fingerprint density at radius 2 is 1.06 bits per heavy atom. The van der Waals surface area contributed by atoms with Crippen molar-refractivity contribution in [1.82, 2.24) is 0 Å². The fraction of sp³-hybridized carbons (Fsp3) is 0.750. The van der Waals surface area contributed by atoms with E-state index in [2.05, 4.69) is 9.47 Å². The van der Waals surface area contributed by atoms with Gasteiger partial charge in [0.1, 0.15) is 0 Å². The number of rotatable bonds is 8. The third-order valence-corrected chi connectivity index (χ3v) is 4.42. The quantitative estimate of drug-likeness (QED) is 0.241. The van der Waals surface area contributed by atoms with E-state index in [-0.39, 0.29) is 6.42 Å².